The first-order chi connectivity index (χ1) is 8.31. The zero-order valence-corrected chi connectivity index (χ0v) is 14.8. The molecule has 0 spiro atoms. The summed E-state index contributed by atoms with van der Waals surface area (Å²) in [5.74, 6) is 1.36. The molecule has 0 N–H and O–H groups in total. The van der Waals surface area contributed by atoms with Crippen LogP contribution in [0.25, 0.3) is 0 Å². The van der Waals surface area contributed by atoms with E-state index in [0.717, 1.165) is 6.61 Å². The van der Waals surface area contributed by atoms with E-state index in [1.165, 1.54) is 12.8 Å². The number of ether oxygens (including phenoxy) is 1. The predicted molar refractivity (Wildman–Crippen MR) is 84.3 cm³/mol. The van der Waals surface area contributed by atoms with Crippen molar-refractivity contribution in [2.75, 3.05) is 6.61 Å². The summed E-state index contributed by atoms with van der Waals surface area (Å²) in [7, 11) is 0. The zero-order chi connectivity index (χ0) is 15.1. The first-order valence-electron chi connectivity index (χ1n) is 7.92. The van der Waals surface area contributed by atoms with E-state index in [9.17, 15) is 0 Å². The predicted octanol–water partition coefficient (Wildman–Crippen LogP) is 5.54. The molecule has 0 radical (unpaired) electrons. The third kappa shape index (κ3) is 5.10. The number of hydrogen-bond acceptors (Lipinski definition) is 1. The van der Waals surface area contributed by atoms with Crippen LogP contribution in [0, 0.1) is 28.1 Å². The van der Waals surface area contributed by atoms with Crippen molar-refractivity contribution in [2.45, 2.75) is 81.3 Å². The molecule has 0 aliphatic carbocycles. The normalized spacial score (nSPS) is 30.5. The van der Waals surface area contributed by atoms with Gasteiger partial charge in [-0.15, -0.1) is 0 Å². The fourth-order valence-corrected chi connectivity index (χ4v) is 3.20. The lowest BCUT2D eigenvalue weighted by Gasteiger charge is -2.48. The summed E-state index contributed by atoms with van der Waals surface area (Å²) in [6.07, 6.45) is 2.91. The van der Waals surface area contributed by atoms with E-state index in [1.54, 1.807) is 0 Å². The fourth-order valence-electron chi connectivity index (χ4n) is 3.20. The van der Waals surface area contributed by atoms with Crippen LogP contribution in [0.2, 0.25) is 0 Å². The highest BCUT2D eigenvalue weighted by Crippen LogP contribution is 2.46. The van der Waals surface area contributed by atoms with Gasteiger partial charge in [-0.3, -0.25) is 0 Å². The van der Waals surface area contributed by atoms with Crippen LogP contribution in [0.4, 0.5) is 0 Å². The van der Waals surface area contributed by atoms with Crippen LogP contribution in [0.1, 0.15) is 75.2 Å². The van der Waals surface area contributed by atoms with Crippen molar-refractivity contribution in [2.24, 2.45) is 28.1 Å². The Balaban J connectivity index is 2.85. The van der Waals surface area contributed by atoms with Crippen molar-refractivity contribution < 1.29 is 4.74 Å². The molecule has 0 saturated carbocycles. The van der Waals surface area contributed by atoms with Gasteiger partial charge in [0.1, 0.15) is 0 Å². The highest BCUT2D eigenvalue weighted by molar-refractivity contribution is 4.91. The minimum absolute atomic E-state index is 0.333. The maximum absolute atomic E-state index is 6.33. The Morgan fingerprint density at radius 3 is 1.74 bits per heavy atom. The molecule has 0 aromatic carbocycles. The van der Waals surface area contributed by atoms with Crippen LogP contribution in [0.5, 0.6) is 0 Å². The Kier molecular flexibility index (Phi) is 4.83. The smallest absolute Gasteiger partial charge is 0.0613 e. The van der Waals surface area contributed by atoms with E-state index in [-0.39, 0.29) is 0 Å². The Hall–Kier alpha value is -0.0400. The number of hydrogen-bond donors (Lipinski definition) is 0. The molecule has 1 unspecified atom stereocenters. The second kappa shape index (κ2) is 5.39. The lowest BCUT2D eigenvalue weighted by atomic mass is 9.64. The summed E-state index contributed by atoms with van der Waals surface area (Å²) in [6, 6.07) is 0. The van der Waals surface area contributed by atoms with Crippen LogP contribution in [-0.4, -0.2) is 12.7 Å². The van der Waals surface area contributed by atoms with Crippen LogP contribution in [-0.2, 0) is 4.74 Å². The minimum atomic E-state index is 0.333. The van der Waals surface area contributed by atoms with E-state index in [4.69, 9.17) is 4.74 Å². The molecule has 0 aromatic heterocycles. The Labute approximate surface area is 121 Å². The van der Waals surface area contributed by atoms with Crippen LogP contribution < -0.4 is 0 Å². The average molecular weight is 268 g/mol. The van der Waals surface area contributed by atoms with Crippen molar-refractivity contribution in [1.29, 1.82) is 0 Å². The van der Waals surface area contributed by atoms with Gasteiger partial charge in [0.2, 0.25) is 0 Å². The summed E-state index contributed by atoms with van der Waals surface area (Å²) in [4.78, 5) is 0. The summed E-state index contributed by atoms with van der Waals surface area (Å²) < 4.78 is 6.33. The topological polar surface area (TPSA) is 9.23 Å². The van der Waals surface area contributed by atoms with Gasteiger partial charge in [0, 0.05) is 0 Å². The quantitative estimate of drug-likeness (QED) is 0.607. The molecule has 1 heteroatoms. The first kappa shape index (κ1) is 17.0. The molecule has 1 aliphatic heterocycles. The summed E-state index contributed by atoms with van der Waals surface area (Å²) in [5, 5.41) is 0. The maximum atomic E-state index is 6.33. The molecule has 3 atom stereocenters. The van der Waals surface area contributed by atoms with Gasteiger partial charge >= 0.3 is 0 Å². The van der Waals surface area contributed by atoms with Gasteiger partial charge in [0.25, 0.3) is 0 Å². The standard InChI is InChI=1S/C18H36O/c1-16(2,3)11-15-14(18(7,8)9)10-13(12-19-15)17(4,5)6/h13-15H,10-12H2,1-9H3/t13-,14?,15+/m0/s1. The summed E-state index contributed by atoms with van der Waals surface area (Å²) >= 11 is 0. The van der Waals surface area contributed by atoms with Crippen LogP contribution in [0.3, 0.4) is 0 Å². The molecule has 1 aliphatic rings. The molecule has 1 nitrogen and oxygen atoms in total. The molecule has 0 aromatic rings. The zero-order valence-electron chi connectivity index (χ0n) is 14.8. The van der Waals surface area contributed by atoms with Gasteiger partial charge in [-0.1, -0.05) is 62.3 Å². The second-order valence-electron chi connectivity index (χ2n) is 9.91. The molecule has 1 saturated heterocycles. The molecular formula is C18H36O. The van der Waals surface area contributed by atoms with E-state index >= 15 is 0 Å². The van der Waals surface area contributed by atoms with Gasteiger partial charge in [0.05, 0.1) is 12.7 Å². The van der Waals surface area contributed by atoms with Gasteiger partial charge < -0.3 is 4.74 Å². The molecular weight excluding hydrogens is 232 g/mol. The van der Waals surface area contributed by atoms with Crippen molar-refractivity contribution in [3.63, 3.8) is 0 Å². The molecule has 1 rings (SSSR count). The second-order valence-corrected chi connectivity index (χ2v) is 9.91. The molecule has 19 heavy (non-hydrogen) atoms. The van der Waals surface area contributed by atoms with E-state index in [0.29, 0.717) is 34.2 Å². The third-order valence-corrected chi connectivity index (χ3v) is 4.65. The molecule has 114 valence electrons. The monoisotopic (exact) mass is 268 g/mol. The van der Waals surface area contributed by atoms with Gasteiger partial charge in [0.15, 0.2) is 0 Å². The van der Waals surface area contributed by atoms with E-state index in [2.05, 4.69) is 62.3 Å². The fraction of sp³-hybridized carbons (Fsp3) is 1.00. The number of rotatable bonds is 1. The molecule has 0 bridgehead atoms. The third-order valence-electron chi connectivity index (χ3n) is 4.65. The summed E-state index contributed by atoms with van der Waals surface area (Å²) in [6.45, 7) is 22.1. The van der Waals surface area contributed by atoms with Gasteiger partial charge in [-0.2, -0.15) is 0 Å². The van der Waals surface area contributed by atoms with Crippen LogP contribution in [0.15, 0.2) is 0 Å². The van der Waals surface area contributed by atoms with Crippen molar-refractivity contribution in [1.82, 2.24) is 0 Å². The highest BCUT2D eigenvalue weighted by atomic mass is 16.5. The summed E-state index contributed by atoms with van der Waals surface area (Å²) in [5.41, 5.74) is 1.04. The lowest BCUT2D eigenvalue weighted by molar-refractivity contribution is -0.123. The van der Waals surface area contributed by atoms with E-state index < -0.39 is 0 Å². The Morgan fingerprint density at radius 2 is 1.37 bits per heavy atom. The Morgan fingerprint density at radius 1 is 0.842 bits per heavy atom. The Bertz CT molecular complexity index is 284. The molecule has 1 heterocycles. The van der Waals surface area contributed by atoms with Crippen molar-refractivity contribution in [3.05, 3.63) is 0 Å². The lowest BCUT2D eigenvalue weighted by Crippen LogP contribution is -2.45. The van der Waals surface area contributed by atoms with Gasteiger partial charge in [-0.05, 0) is 40.9 Å². The minimum Gasteiger partial charge on any atom is -0.378 e. The maximum Gasteiger partial charge on any atom is 0.0613 e. The average Bonchev–Trinajstić information content (AvgIpc) is 2.11. The SMILES string of the molecule is CC(C)(C)C[C@H]1OC[C@@H](C(C)(C)C)CC1C(C)(C)C. The molecule has 0 amide bonds. The van der Waals surface area contributed by atoms with E-state index in [1.807, 2.05) is 0 Å². The van der Waals surface area contributed by atoms with Gasteiger partial charge in [-0.25, -0.2) is 0 Å². The van der Waals surface area contributed by atoms with Crippen molar-refractivity contribution in [3.8, 4) is 0 Å². The first-order valence-corrected chi connectivity index (χ1v) is 7.92. The van der Waals surface area contributed by atoms with Crippen LogP contribution >= 0.6 is 0 Å². The largest absolute Gasteiger partial charge is 0.378 e. The molecule has 1 fully saturated rings. The van der Waals surface area contributed by atoms with Crippen molar-refractivity contribution >= 4 is 0 Å². The highest BCUT2D eigenvalue weighted by Gasteiger charge is 2.42.